The number of benzene rings is 1. The van der Waals surface area contributed by atoms with Crippen LogP contribution >= 0.6 is 11.8 Å². The number of amidine groups is 1. The van der Waals surface area contributed by atoms with Crippen molar-refractivity contribution in [1.82, 2.24) is 5.32 Å². The van der Waals surface area contributed by atoms with Crippen molar-refractivity contribution >= 4 is 16.9 Å². The predicted molar refractivity (Wildman–Crippen MR) is 85.7 cm³/mol. The molecule has 0 spiro atoms. The Hall–Kier alpha value is -1.03. The summed E-state index contributed by atoms with van der Waals surface area (Å²) < 4.78 is 13.2. The van der Waals surface area contributed by atoms with Gasteiger partial charge in [0.1, 0.15) is 5.82 Å². The summed E-state index contributed by atoms with van der Waals surface area (Å²) in [6.45, 7) is 7.43. The van der Waals surface area contributed by atoms with Gasteiger partial charge in [-0.3, -0.25) is 4.99 Å². The zero-order chi connectivity index (χ0) is 14.5. The van der Waals surface area contributed by atoms with Crippen LogP contribution in [-0.2, 0) is 0 Å². The van der Waals surface area contributed by atoms with E-state index in [-0.39, 0.29) is 11.9 Å². The average molecular weight is 294 g/mol. The van der Waals surface area contributed by atoms with Crippen LogP contribution in [0.1, 0.15) is 45.2 Å². The molecule has 1 aromatic carbocycles. The highest BCUT2D eigenvalue weighted by Crippen LogP contribution is 2.31. The number of rotatable bonds is 5. The van der Waals surface area contributed by atoms with Crippen LogP contribution in [0.5, 0.6) is 0 Å². The third kappa shape index (κ3) is 3.75. The Bertz CT molecular complexity index is 471. The summed E-state index contributed by atoms with van der Waals surface area (Å²) in [5, 5.41) is 4.99. The van der Waals surface area contributed by atoms with Gasteiger partial charge in [-0.1, -0.05) is 50.6 Å². The Balaban J connectivity index is 1.92. The number of halogens is 1. The molecule has 0 saturated heterocycles. The first-order chi connectivity index (χ1) is 9.63. The van der Waals surface area contributed by atoms with Crippen LogP contribution in [-0.4, -0.2) is 17.0 Å². The highest BCUT2D eigenvalue weighted by Gasteiger charge is 2.26. The van der Waals surface area contributed by atoms with Gasteiger partial charge in [0.15, 0.2) is 5.17 Å². The van der Waals surface area contributed by atoms with Gasteiger partial charge in [-0.05, 0) is 30.5 Å². The van der Waals surface area contributed by atoms with Crippen LogP contribution in [0, 0.1) is 11.7 Å². The Kier molecular flexibility index (Phi) is 5.46. The lowest BCUT2D eigenvalue weighted by Gasteiger charge is -2.20. The summed E-state index contributed by atoms with van der Waals surface area (Å²) in [6, 6.07) is 6.83. The zero-order valence-corrected chi connectivity index (χ0v) is 13.2. The number of nitrogens with one attached hydrogen (secondary N) is 1. The maximum absolute atomic E-state index is 13.2. The Morgan fingerprint density at radius 3 is 2.80 bits per heavy atom. The second-order valence-corrected chi connectivity index (χ2v) is 6.53. The first-order valence-corrected chi connectivity index (χ1v) is 8.25. The molecule has 2 unspecified atom stereocenters. The molecule has 0 bridgehead atoms. The fourth-order valence-electron chi connectivity index (χ4n) is 2.57. The molecule has 1 aliphatic rings. The van der Waals surface area contributed by atoms with Crippen molar-refractivity contribution in [1.29, 1.82) is 0 Å². The third-order valence-corrected chi connectivity index (χ3v) is 5.25. The lowest BCUT2D eigenvalue weighted by Crippen LogP contribution is -2.24. The van der Waals surface area contributed by atoms with E-state index in [1.165, 1.54) is 18.9 Å². The SMILES string of the molecule is CCC(CC)C1CN=C(NC(C)c2cccc(F)c2)S1. The standard InChI is InChI=1S/C16H23FN2S/c1-4-12(5-2)15-10-18-16(20-15)19-11(3)13-7-6-8-14(17)9-13/h6-9,11-12,15H,4-5,10H2,1-3H3,(H,18,19). The molecule has 0 aliphatic carbocycles. The van der Waals surface area contributed by atoms with Crippen molar-refractivity contribution in [2.24, 2.45) is 10.9 Å². The van der Waals surface area contributed by atoms with Gasteiger partial charge in [0.25, 0.3) is 0 Å². The molecule has 2 nitrogen and oxygen atoms in total. The number of hydrogen-bond donors (Lipinski definition) is 1. The van der Waals surface area contributed by atoms with Crippen molar-refractivity contribution in [2.75, 3.05) is 6.54 Å². The Morgan fingerprint density at radius 1 is 1.40 bits per heavy atom. The Morgan fingerprint density at radius 2 is 2.15 bits per heavy atom. The topological polar surface area (TPSA) is 24.4 Å². The number of thioether (sulfide) groups is 1. The normalized spacial score (nSPS) is 20.1. The van der Waals surface area contributed by atoms with E-state index in [2.05, 4.69) is 24.2 Å². The van der Waals surface area contributed by atoms with Crippen molar-refractivity contribution in [3.63, 3.8) is 0 Å². The number of nitrogens with zero attached hydrogens (tertiary/aromatic N) is 1. The van der Waals surface area contributed by atoms with E-state index in [1.54, 1.807) is 12.1 Å². The number of aliphatic imine (C=N–C) groups is 1. The number of hydrogen-bond acceptors (Lipinski definition) is 3. The highest BCUT2D eigenvalue weighted by molar-refractivity contribution is 8.14. The Labute approximate surface area is 125 Å². The summed E-state index contributed by atoms with van der Waals surface area (Å²) in [6.07, 6.45) is 2.41. The summed E-state index contributed by atoms with van der Waals surface area (Å²) >= 11 is 1.84. The van der Waals surface area contributed by atoms with E-state index in [1.807, 2.05) is 24.8 Å². The smallest absolute Gasteiger partial charge is 0.157 e. The molecule has 0 fully saturated rings. The minimum absolute atomic E-state index is 0.0809. The second-order valence-electron chi connectivity index (χ2n) is 5.30. The van der Waals surface area contributed by atoms with E-state index in [0.717, 1.165) is 23.2 Å². The molecule has 0 radical (unpaired) electrons. The van der Waals surface area contributed by atoms with Gasteiger partial charge in [-0.15, -0.1) is 0 Å². The van der Waals surface area contributed by atoms with Crippen LogP contribution in [0.15, 0.2) is 29.3 Å². The van der Waals surface area contributed by atoms with Gasteiger partial charge < -0.3 is 5.32 Å². The van der Waals surface area contributed by atoms with Crippen LogP contribution < -0.4 is 5.32 Å². The highest BCUT2D eigenvalue weighted by atomic mass is 32.2. The molecule has 0 aromatic heterocycles. The van der Waals surface area contributed by atoms with Gasteiger partial charge in [0.2, 0.25) is 0 Å². The van der Waals surface area contributed by atoms with Crippen molar-refractivity contribution in [2.45, 2.75) is 44.9 Å². The summed E-state index contributed by atoms with van der Waals surface area (Å²) in [5.74, 6) is 0.541. The molecular formula is C16H23FN2S. The molecule has 4 heteroatoms. The molecule has 2 rings (SSSR count). The molecule has 1 N–H and O–H groups in total. The monoisotopic (exact) mass is 294 g/mol. The molecule has 1 heterocycles. The van der Waals surface area contributed by atoms with E-state index < -0.39 is 0 Å². The van der Waals surface area contributed by atoms with Crippen molar-refractivity contribution in [3.8, 4) is 0 Å². The van der Waals surface area contributed by atoms with Crippen LogP contribution in [0.2, 0.25) is 0 Å². The molecule has 110 valence electrons. The van der Waals surface area contributed by atoms with Gasteiger partial charge >= 0.3 is 0 Å². The van der Waals surface area contributed by atoms with Crippen LogP contribution in [0.4, 0.5) is 4.39 Å². The summed E-state index contributed by atoms with van der Waals surface area (Å²) in [4.78, 5) is 4.60. The first-order valence-electron chi connectivity index (χ1n) is 7.37. The molecule has 1 aromatic rings. The minimum atomic E-state index is -0.188. The van der Waals surface area contributed by atoms with Crippen molar-refractivity contribution < 1.29 is 4.39 Å². The molecule has 0 amide bonds. The second kappa shape index (κ2) is 7.11. The lowest BCUT2D eigenvalue weighted by molar-refractivity contribution is 0.479. The van der Waals surface area contributed by atoms with Gasteiger partial charge in [0.05, 0.1) is 12.6 Å². The maximum Gasteiger partial charge on any atom is 0.157 e. The minimum Gasteiger partial charge on any atom is -0.358 e. The van der Waals surface area contributed by atoms with Gasteiger partial charge in [-0.25, -0.2) is 4.39 Å². The predicted octanol–water partition coefficient (Wildman–Crippen LogP) is 4.38. The third-order valence-electron chi connectivity index (χ3n) is 3.94. The lowest BCUT2D eigenvalue weighted by atomic mass is 9.99. The van der Waals surface area contributed by atoms with Gasteiger partial charge in [0, 0.05) is 5.25 Å². The summed E-state index contributed by atoms with van der Waals surface area (Å²) in [5.41, 5.74) is 0.958. The quantitative estimate of drug-likeness (QED) is 0.871. The van der Waals surface area contributed by atoms with Crippen molar-refractivity contribution in [3.05, 3.63) is 35.6 Å². The van der Waals surface area contributed by atoms with Crippen LogP contribution in [0.25, 0.3) is 0 Å². The summed E-state index contributed by atoms with van der Waals surface area (Å²) in [7, 11) is 0. The average Bonchev–Trinajstić information content (AvgIpc) is 2.88. The van der Waals surface area contributed by atoms with Crippen LogP contribution in [0.3, 0.4) is 0 Å². The largest absolute Gasteiger partial charge is 0.358 e. The van der Waals surface area contributed by atoms with E-state index in [9.17, 15) is 4.39 Å². The first kappa shape index (κ1) is 15.4. The fourth-order valence-corrected chi connectivity index (χ4v) is 3.98. The molecule has 20 heavy (non-hydrogen) atoms. The van der Waals surface area contributed by atoms with E-state index in [4.69, 9.17) is 0 Å². The fraction of sp³-hybridized carbons (Fsp3) is 0.562. The molecule has 0 saturated carbocycles. The molecule has 2 atom stereocenters. The zero-order valence-electron chi connectivity index (χ0n) is 12.4. The van der Waals surface area contributed by atoms with E-state index in [0.29, 0.717) is 5.25 Å². The molecule has 1 aliphatic heterocycles. The maximum atomic E-state index is 13.2. The van der Waals surface area contributed by atoms with Gasteiger partial charge in [-0.2, -0.15) is 0 Å². The van der Waals surface area contributed by atoms with E-state index >= 15 is 0 Å². The molecular weight excluding hydrogens is 271 g/mol.